The Balaban J connectivity index is 2.80. The molecule has 0 saturated heterocycles. The molecule has 0 aliphatic carbocycles. The fourth-order valence-corrected chi connectivity index (χ4v) is 0.372. The Morgan fingerprint density at radius 2 is 1.80 bits per heavy atom. The van der Waals surface area contributed by atoms with Gasteiger partial charge in [0, 0.05) is 0 Å². The van der Waals surface area contributed by atoms with Crippen LogP contribution in [0.25, 0.3) is 0 Å². The Kier molecular flexibility index (Phi) is 7.15. The minimum absolute atomic E-state index is 0.222. The van der Waals surface area contributed by atoms with Gasteiger partial charge in [-0.3, -0.25) is 0 Å². The molecular formula is C7H10NO2+. The third kappa shape index (κ3) is 6.97. The van der Waals surface area contributed by atoms with E-state index in [4.69, 9.17) is 21.2 Å². The van der Waals surface area contributed by atoms with Crippen molar-refractivity contribution in [2.24, 2.45) is 0 Å². The van der Waals surface area contributed by atoms with E-state index in [1.165, 1.54) is 0 Å². The molecule has 0 bridgehead atoms. The molecule has 3 nitrogen and oxygen atoms in total. The minimum atomic E-state index is 0.222. The van der Waals surface area contributed by atoms with E-state index in [2.05, 4.69) is 12.0 Å². The summed E-state index contributed by atoms with van der Waals surface area (Å²) >= 11 is 0. The molecule has 0 rings (SSSR count). The second-order valence-corrected chi connectivity index (χ2v) is 1.49. The predicted octanol–water partition coefficient (Wildman–Crippen LogP) is -1.57. The highest BCUT2D eigenvalue weighted by atomic mass is 16.5. The lowest BCUT2D eigenvalue weighted by Crippen LogP contribution is -2.19. The number of nitrogens with one attached hydrogen (secondary N) is 1. The minimum Gasteiger partial charge on any atom is -0.366 e. The lowest BCUT2D eigenvalue weighted by molar-refractivity contribution is -0.100. The number of rotatable bonds is 5. The van der Waals surface area contributed by atoms with Crippen molar-refractivity contribution >= 4 is 0 Å². The van der Waals surface area contributed by atoms with Gasteiger partial charge >= 0.3 is 0 Å². The van der Waals surface area contributed by atoms with Gasteiger partial charge < -0.3 is 9.47 Å². The molecule has 0 spiro atoms. The first-order chi connectivity index (χ1) is 4.91. The molecule has 10 heavy (non-hydrogen) atoms. The van der Waals surface area contributed by atoms with Crippen molar-refractivity contribution in [3.63, 3.8) is 0 Å². The van der Waals surface area contributed by atoms with Gasteiger partial charge in [-0.05, 0) is 0 Å². The molecule has 0 aromatic heterocycles. The zero-order valence-electron chi connectivity index (χ0n) is 5.72. The van der Waals surface area contributed by atoms with Crippen LogP contribution in [0, 0.1) is 18.4 Å². The Bertz CT molecular complexity index is 125. The molecule has 0 atom stereocenters. The Morgan fingerprint density at radius 3 is 2.30 bits per heavy atom. The van der Waals surface area contributed by atoms with E-state index < -0.39 is 0 Å². The van der Waals surface area contributed by atoms with E-state index in [9.17, 15) is 0 Å². The highest BCUT2D eigenvalue weighted by Gasteiger charge is 1.86. The third-order valence-electron chi connectivity index (χ3n) is 0.732. The van der Waals surface area contributed by atoms with Crippen LogP contribution in [0.1, 0.15) is 0 Å². The highest BCUT2D eigenvalue weighted by molar-refractivity contribution is 4.82. The highest BCUT2D eigenvalue weighted by Crippen LogP contribution is 1.75. The van der Waals surface area contributed by atoms with Crippen LogP contribution < -0.4 is 5.26 Å². The van der Waals surface area contributed by atoms with Crippen LogP contribution in [0.15, 0.2) is 0 Å². The van der Waals surface area contributed by atoms with Gasteiger partial charge in [-0.15, -0.1) is 6.42 Å². The molecule has 0 radical (unpaired) electrons. The summed E-state index contributed by atoms with van der Waals surface area (Å²) in [6.07, 6.45) is 4.91. The summed E-state index contributed by atoms with van der Waals surface area (Å²) in [5.41, 5.74) is 0. The maximum atomic E-state index is 6.47. The SMILES string of the molecule is C#CCOCCOCC#[NH+]. The van der Waals surface area contributed by atoms with Crippen LogP contribution in [-0.4, -0.2) is 26.4 Å². The van der Waals surface area contributed by atoms with Crippen molar-refractivity contribution < 1.29 is 14.7 Å². The molecule has 0 aromatic carbocycles. The molecular weight excluding hydrogens is 130 g/mol. The number of hydrogen-bond acceptors (Lipinski definition) is 2. The number of terminal acetylenes is 1. The normalized spacial score (nSPS) is 8.20. The molecule has 0 amide bonds. The van der Waals surface area contributed by atoms with Gasteiger partial charge in [-0.1, -0.05) is 11.2 Å². The van der Waals surface area contributed by atoms with Gasteiger partial charge in [0.05, 0.1) is 13.2 Å². The summed E-state index contributed by atoms with van der Waals surface area (Å²) in [7, 11) is 0. The molecule has 0 aliphatic rings. The smallest absolute Gasteiger partial charge is 0.298 e. The van der Waals surface area contributed by atoms with Crippen molar-refractivity contribution in [1.29, 1.82) is 0 Å². The molecule has 0 heterocycles. The Hall–Kier alpha value is -1.03. The fraction of sp³-hybridized carbons (Fsp3) is 0.571. The summed E-state index contributed by atoms with van der Waals surface area (Å²) in [6, 6.07) is 2.09. The lowest BCUT2D eigenvalue weighted by atomic mass is 10.7. The lowest BCUT2D eigenvalue weighted by Gasteiger charge is -1.96. The zero-order valence-corrected chi connectivity index (χ0v) is 5.72. The van der Waals surface area contributed by atoms with Crippen LogP contribution in [0.3, 0.4) is 0 Å². The third-order valence-corrected chi connectivity index (χ3v) is 0.732. The number of ether oxygens (including phenoxy) is 2. The molecule has 0 aliphatic heterocycles. The van der Waals surface area contributed by atoms with E-state index in [1.807, 2.05) is 0 Å². The van der Waals surface area contributed by atoms with E-state index in [1.54, 1.807) is 0 Å². The first-order valence-electron chi connectivity index (χ1n) is 2.90. The van der Waals surface area contributed by atoms with E-state index in [0.717, 1.165) is 0 Å². The first-order valence-corrected chi connectivity index (χ1v) is 2.90. The molecule has 0 unspecified atom stereocenters. The summed E-state index contributed by atoms with van der Waals surface area (Å²) in [6.45, 7) is 1.48. The monoisotopic (exact) mass is 140 g/mol. The summed E-state index contributed by atoms with van der Waals surface area (Å²) in [5, 5.41) is 6.47. The molecule has 3 heteroatoms. The van der Waals surface area contributed by atoms with Crippen LogP contribution in [0.5, 0.6) is 0 Å². The van der Waals surface area contributed by atoms with E-state index in [0.29, 0.717) is 19.8 Å². The topological polar surface area (TPSA) is 42.3 Å². The fourth-order valence-electron chi connectivity index (χ4n) is 0.372. The van der Waals surface area contributed by atoms with Crippen molar-refractivity contribution in [2.45, 2.75) is 0 Å². The van der Waals surface area contributed by atoms with E-state index >= 15 is 0 Å². The maximum absolute atomic E-state index is 6.47. The molecule has 54 valence electrons. The average Bonchev–Trinajstić information content (AvgIpc) is 1.97. The Morgan fingerprint density at radius 1 is 1.20 bits per heavy atom. The molecule has 1 N–H and O–H groups in total. The second kappa shape index (κ2) is 7.97. The zero-order chi connectivity index (χ0) is 7.66. The van der Waals surface area contributed by atoms with Crippen molar-refractivity contribution in [3.05, 3.63) is 0 Å². The van der Waals surface area contributed by atoms with Crippen molar-refractivity contribution in [1.82, 2.24) is 0 Å². The van der Waals surface area contributed by atoms with Gasteiger partial charge in [0.25, 0.3) is 6.07 Å². The van der Waals surface area contributed by atoms with Gasteiger partial charge in [0.2, 0.25) is 0 Å². The van der Waals surface area contributed by atoms with Crippen molar-refractivity contribution in [3.8, 4) is 18.4 Å². The van der Waals surface area contributed by atoms with Crippen LogP contribution in [0.4, 0.5) is 0 Å². The summed E-state index contributed by atoms with van der Waals surface area (Å²) < 4.78 is 9.72. The Labute approximate surface area is 60.5 Å². The standard InChI is InChI=1S/C7H9NO2/c1-2-4-9-6-7-10-5-3-8/h1H,4-7H2/p+1. The second-order valence-electron chi connectivity index (χ2n) is 1.49. The molecule has 0 aromatic rings. The van der Waals surface area contributed by atoms with Crippen molar-refractivity contribution in [2.75, 3.05) is 26.4 Å². The summed E-state index contributed by atoms with van der Waals surface area (Å²) in [4.78, 5) is 0. The molecule has 0 saturated carbocycles. The van der Waals surface area contributed by atoms with Crippen LogP contribution in [0.2, 0.25) is 0 Å². The van der Waals surface area contributed by atoms with Crippen LogP contribution >= 0.6 is 0 Å². The number of hydrogen-bond donors (Lipinski definition) is 1. The summed E-state index contributed by atoms with van der Waals surface area (Å²) in [5.74, 6) is 2.33. The first kappa shape index (κ1) is 8.97. The van der Waals surface area contributed by atoms with Gasteiger partial charge in [-0.2, -0.15) is 0 Å². The van der Waals surface area contributed by atoms with E-state index in [-0.39, 0.29) is 6.61 Å². The van der Waals surface area contributed by atoms with Gasteiger partial charge in [0.15, 0.2) is 6.61 Å². The molecule has 0 fully saturated rings. The maximum Gasteiger partial charge on any atom is 0.298 e. The largest absolute Gasteiger partial charge is 0.366 e. The van der Waals surface area contributed by atoms with Gasteiger partial charge in [0.1, 0.15) is 6.61 Å². The quantitative estimate of drug-likeness (QED) is 0.370. The van der Waals surface area contributed by atoms with Gasteiger partial charge in [-0.25, -0.2) is 0 Å². The average molecular weight is 140 g/mol. The van der Waals surface area contributed by atoms with Crippen LogP contribution in [-0.2, 0) is 9.47 Å². The predicted molar refractivity (Wildman–Crippen MR) is 35.3 cm³/mol.